The van der Waals surface area contributed by atoms with Gasteiger partial charge >= 0.3 is 0 Å². The van der Waals surface area contributed by atoms with E-state index in [1.54, 1.807) is 23.1 Å². The Morgan fingerprint density at radius 2 is 2.50 bits per heavy atom. The van der Waals surface area contributed by atoms with E-state index in [2.05, 4.69) is 0 Å². The second kappa shape index (κ2) is 4.33. The zero-order chi connectivity index (χ0) is 9.97. The summed E-state index contributed by atoms with van der Waals surface area (Å²) in [5.41, 5.74) is 0. The van der Waals surface area contributed by atoms with Gasteiger partial charge in [0.15, 0.2) is 5.17 Å². The Hall–Kier alpha value is -0.520. The Bertz CT molecular complexity index is 313. The average Bonchev–Trinajstić information content (AvgIpc) is 2.77. The Balaban J connectivity index is 1.94. The summed E-state index contributed by atoms with van der Waals surface area (Å²) in [4.78, 5) is 2.91. The maximum Gasteiger partial charge on any atom is 0.156 e. The van der Waals surface area contributed by atoms with Crippen molar-refractivity contribution in [2.45, 2.75) is 6.10 Å². The summed E-state index contributed by atoms with van der Waals surface area (Å²) >= 11 is 3.11. The maximum absolute atomic E-state index is 9.85. The highest BCUT2D eigenvalue weighted by atomic mass is 32.2. The maximum atomic E-state index is 9.85. The fraction of sp³-hybridized carbons (Fsp3) is 0.444. The highest BCUT2D eigenvalue weighted by Crippen LogP contribution is 2.23. The van der Waals surface area contributed by atoms with Crippen molar-refractivity contribution in [3.8, 4) is 0 Å². The minimum absolute atomic E-state index is 0.450. The van der Waals surface area contributed by atoms with Gasteiger partial charge in [-0.2, -0.15) is 0 Å². The number of thiophene rings is 1. The molecule has 0 amide bonds. The normalized spacial score (nSPS) is 18.9. The third-order valence-corrected chi connectivity index (χ3v) is 4.04. The number of hydrogen-bond acceptors (Lipinski definition) is 4. The SMILES string of the molecule is N=C1SCCN1CC(O)c1cccs1. The molecule has 1 aromatic rings. The summed E-state index contributed by atoms with van der Waals surface area (Å²) in [6, 6.07) is 3.87. The zero-order valence-corrected chi connectivity index (χ0v) is 9.27. The first-order valence-electron chi connectivity index (χ1n) is 4.45. The predicted octanol–water partition coefficient (Wildman–Crippen LogP) is 1.77. The lowest BCUT2D eigenvalue weighted by molar-refractivity contribution is 0.151. The van der Waals surface area contributed by atoms with Gasteiger partial charge in [-0.3, -0.25) is 5.41 Å². The Kier molecular flexibility index (Phi) is 3.10. The van der Waals surface area contributed by atoms with Crippen LogP contribution in [-0.2, 0) is 0 Å². The van der Waals surface area contributed by atoms with Crippen molar-refractivity contribution in [3.63, 3.8) is 0 Å². The molecule has 0 aliphatic carbocycles. The highest BCUT2D eigenvalue weighted by Gasteiger charge is 2.21. The van der Waals surface area contributed by atoms with Crippen LogP contribution in [0.15, 0.2) is 17.5 Å². The molecule has 5 heteroatoms. The summed E-state index contributed by atoms with van der Waals surface area (Å²) in [5, 5.41) is 20.0. The number of β-amino-alcohol motifs (C(OH)–C–C–N with tert-alkyl or cyclic N) is 1. The molecule has 1 aromatic heterocycles. The third kappa shape index (κ3) is 2.10. The van der Waals surface area contributed by atoms with Crippen LogP contribution in [0.5, 0.6) is 0 Å². The lowest BCUT2D eigenvalue weighted by atomic mass is 10.3. The second-order valence-electron chi connectivity index (χ2n) is 3.13. The predicted molar refractivity (Wildman–Crippen MR) is 61.0 cm³/mol. The van der Waals surface area contributed by atoms with Crippen LogP contribution < -0.4 is 0 Å². The lowest BCUT2D eigenvalue weighted by Gasteiger charge is -2.19. The van der Waals surface area contributed by atoms with Gasteiger partial charge in [-0.15, -0.1) is 11.3 Å². The van der Waals surface area contributed by atoms with Crippen LogP contribution in [0.25, 0.3) is 0 Å². The summed E-state index contributed by atoms with van der Waals surface area (Å²) in [5.74, 6) is 0.968. The van der Waals surface area contributed by atoms with Crippen LogP contribution >= 0.6 is 23.1 Å². The number of nitrogens with zero attached hydrogens (tertiary/aromatic N) is 1. The smallest absolute Gasteiger partial charge is 0.156 e. The van der Waals surface area contributed by atoms with Gasteiger partial charge in [0.2, 0.25) is 0 Å². The Morgan fingerprint density at radius 3 is 3.07 bits per heavy atom. The zero-order valence-electron chi connectivity index (χ0n) is 7.64. The van der Waals surface area contributed by atoms with E-state index in [9.17, 15) is 5.11 Å². The monoisotopic (exact) mass is 228 g/mol. The Morgan fingerprint density at radius 1 is 1.64 bits per heavy atom. The van der Waals surface area contributed by atoms with Gasteiger partial charge in [0.25, 0.3) is 0 Å². The van der Waals surface area contributed by atoms with E-state index in [1.165, 1.54) is 0 Å². The first kappa shape index (κ1) is 10.0. The van der Waals surface area contributed by atoms with E-state index in [-0.39, 0.29) is 0 Å². The van der Waals surface area contributed by atoms with E-state index >= 15 is 0 Å². The van der Waals surface area contributed by atoms with E-state index in [1.807, 2.05) is 22.4 Å². The molecular formula is C9H12N2OS2. The molecule has 1 fully saturated rings. The van der Waals surface area contributed by atoms with Crippen LogP contribution in [0.3, 0.4) is 0 Å². The van der Waals surface area contributed by atoms with Crippen LogP contribution in [0.4, 0.5) is 0 Å². The Labute approximate surface area is 91.3 Å². The molecule has 2 rings (SSSR count). The summed E-state index contributed by atoms with van der Waals surface area (Å²) in [6.07, 6.45) is -0.450. The van der Waals surface area contributed by atoms with Crippen molar-refractivity contribution >= 4 is 28.3 Å². The molecule has 1 aliphatic rings. The van der Waals surface area contributed by atoms with Crippen molar-refractivity contribution in [1.82, 2.24) is 4.90 Å². The molecule has 0 radical (unpaired) electrons. The van der Waals surface area contributed by atoms with Crippen LogP contribution in [-0.4, -0.2) is 34.0 Å². The molecule has 1 aliphatic heterocycles. The van der Waals surface area contributed by atoms with Gasteiger partial charge in [0.05, 0.1) is 6.54 Å². The molecule has 0 bridgehead atoms. The highest BCUT2D eigenvalue weighted by molar-refractivity contribution is 8.14. The molecule has 0 aromatic carbocycles. The lowest BCUT2D eigenvalue weighted by Crippen LogP contribution is -2.28. The van der Waals surface area contributed by atoms with Crippen molar-refractivity contribution < 1.29 is 5.11 Å². The number of nitrogens with one attached hydrogen (secondary N) is 1. The van der Waals surface area contributed by atoms with Gasteiger partial charge in [-0.05, 0) is 11.4 Å². The van der Waals surface area contributed by atoms with Gasteiger partial charge in [-0.25, -0.2) is 0 Å². The average molecular weight is 228 g/mol. The summed E-state index contributed by atoms with van der Waals surface area (Å²) < 4.78 is 0. The van der Waals surface area contributed by atoms with E-state index in [0.717, 1.165) is 17.2 Å². The molecule has 3 nitrogen and oxygen atoms in total. The first-order valence-corrected chi connectivity index (χ1v) is 6.31. The number of aliphatic hydroxyl groups excluding tert-OH is 1. The number of aliphatic hydroxyl groups is 1. The van der Waals surface area contributed by atoms with Crippen molar-refractivity contribution in [1.29, 1.82) is 5.41 Å². The molecule has 0 spiro atoms. The standard InChI is InChI=1S/C9H12N2OS2/c10-9-11(3-5-14-9)6-7(12)8-2-1-4-13-8/h1-2,4,7,10,12H,3,5-6H2. The fourth-order valence-corrected chi connectivity index (χ4v) is 2.96. The molecule has 1 unspecified atom stereocenters. The minimum Gasteiger partial charge on any atom is -0.386 e. The molecule has 2 heterocycles. The van der Waals surface area contributed by atoms with Crippen molar-refractivity contribution in [2.75, 3.05) is 18.8 Å². The first-order chi connectivity index (χ1) is 6.77. The molecule has 1 saturated heterocycles. The number of rotatable bonds is 3. The molecule has 14 heavy (non-hydrogen) atoms. The van der Waals surface area contributed by atoms with Crippen LogP contribution in [0.2, 0.25) is 0 Å². The van der Waals surface area contributed by atoms with E-state index < -0.39 is 6.10 Å². The van der Waals surface area contributed by atoms with E-state index in [0.29, 0.717) is 11.7 Å². The van der Waals surface area contributed by atoms with Crippen LogP contribution in [0.1, 0.15) is 11.0 Å². The molecule has 2 N–H and O–H groups in total. The topological polar surface area (TPSA) is 47.3 Å². The fourth-order valence-electron chi connectivity index (χ4n) is 1.40. The van der Waals surface area contributed by atoms with Gasteiger partial charge in [-0.1, -0.05) is 17.8 Å². The van der Waals surface area contributed by atoms with Gasteiger partial charge < -0.3 is 10.0 Å². The molecular weight excluding hydrogens is 216 g/mol. The van der Waals surface area contributed by atoms with Crippen molar-refractivity contribution in [3.05, 3.63) is 22.4 Å². The number of thioether (sulfide) groups is 1. The van der Waals surface area contributed by atoms with E-state index in [4.69, 9.17) is 5.41 Å². The quantitative estimate of drug-likeness (QED) is 0.829. The molecule has 0 saturated carbocycles. The van der Waals surface area contributed by atoms with Gasteiger partial charge in [0.1, 0.15) is 6.10 Å². The largest absolute Gasteiger partial charge is 0.386 e. The third-order valence-electron chi connectivity index (χ3n) is 2.15. The van der Waals surface area contributed by atoms with Gasteiger partial charge in [0, 0.05) is 17.2 Å². The second-order valence-corrected chi connectivity index (χ2v) is 5.19. The minimum atomic E-state index is -0.450. The number of hydrogen-bond donors (Lipinski definition) is 2. The molecule has 76 valence electrons. The summed E-state index contributed by atoms with van der Waals surface area (Å²) in [6.45, 7) is 1.43. The molecule has 1 atom stereocenters. The van der Waals surface area contributed by atoms with Crippen molar-refractivity contribution in [2.24, 2.45) is 0 Å². The number of amidine groups is 1. The summed E-state index contributed by atoms with van der Waals surface area (Å²) in [7, 11) is 0. The van der Waals surface area contributed by atoms with Crippen LogP contribution in [0, 0.1) is 5.41 Å².